The van der Waals surface area contributed by atoms with Crippen molar-refractivity contribution in [2.75, 3.05) is 18.2 Å². The predicted octanol–water partition coefficient (Wildman–Crippen LogP) is 3.96. The molecule has 6 heteroatoms. The summed E-state index contributed by atoms with van der Waals surface area (Å²) in [5.41, 5.74) is 3.25. The second kappa shape index (κ2) is 9.13. The molecule has 0 radical (unpaired) electrons. The zero-order valence-corrected chi connectivity index (χ0v) is 15.1. The lowest BCUT2D eigenvalue weighted by Gasteiger charge is -2.10. The van der Waals surface area contributed by atoms with E-state index in [0.29, 0.717) is 28.5 Å². The van der Waals surface area contributed by atoms with E-state index < -0.39 is 5.97 Å². The van der Waals surface area contributed by atoms with Gasteiger partial charge < -0.3 is 15.2 Å². The number of amides is 1. The van der Waals surface area contributed by atoms with E-state index in [0.717, 1.165) is 11.1 Å². The summed E-state index contributed by atoms with van der Waals surface area (Å²) in [6.07, 6.45) is 0.149. The number of methoxy groups -OCH3 is 1. The molecule has 2 aromatic carbocycles. The van der Waals surface area contributed by atoms with Crippen molar-refractivity contribution in [3.8, 4) is 5.75 Å². The smallest absolute Gasteiger partial charge is 0.304 e. The maximum absolute atomic E-state index is 12.4. The fourth-order valence-electron chi connectivity index (χ4n) is 2.25. The Kier molecular flexibility index (Phi) is 6.89. The number of nitrogens with one attached hydrogen (secondary N) is 1. The number of ether oxygens (including phenoxy) is 1. The van der Waals surface area contributed by atoms with Crippen LogP contribution in [0, 0.1) is 6.92 Å². The Morgan fingerprint density at radius 3 is 2.72 bits per heavy atom. The summed E-state index contributed by atoms with van der Waals surface area (Å²) in [5.74, 6) is 0.956. The quantitative estimate of drug-likeness (QED) is 0.698. The van der Waals surface area contributed by atoms with Crippen molar-refractivity contribution in [1.82, 2.24) is 0 Å². The molecule has 0 spiro atoms. The van der Waals surface area contributed by atoms with E-state index in [1.165, 1.54) is 0 Å². The number of carboxylic acids is 1. The Balaban J connectivity index is 1.99. The first kappa shape index (κ1) is 18.9. The second-order valence-corrected chi connectivity index (χ2v) is 6.64. The summed E-state index contributed by atoms with van der Waals surface area (Å²) in [4.78, 5) is 22.9. The van der Waals surface area contributed by atoms with Crippen LogP contribution in [0.3, 0.4) is 0 Å². The Bertz CT molecular complexity index is 761. The molecule has 0 unspecified atom stereocenters. The van der Waals surface area contributed by atoms with E-state index in [4.69, 9.17) is 9.84 Å². The highest BCUT2D eigenvalue weighted by Crippen LogP contribution is 2.21. The van der Waals surface area contributed by atoms with Crippen LogP contribution in [-0.2, 0) is 10.5 Å². The van der Waals surface area contributed by atoms with Crippen molar-refractivity contribution in [1.29, 1.82) is 0 Å². The Hall–Kier alpha value is -2.47. The summed E-state index contributed by atoms with van der Waals surface area (Å²) >= 11 is 1.56. The van der Waals surface area contributed by atoms with Gasteiger partial charge in [0.05, 0.1) is 13.5 Å². The van der Waals surface area contributed by atoms with Crippen LogP contribution in [0.5, 0.6) is 5.75 Å². The van der Waals surface area contributed by atoms with Crippen molar-refractivity contribution in [2.24, 2.45) is 0 Å². The number of aliphatic carboxylic acids is 1. The van der Waals surface area contributed by atoms with Gasteiger partial charge >= 0.3 is 5.97 Å². The third-order valence-electron chi connectivity index (χ3n) is 3.58. The lowest BCUT2D eigenvalue weighted by Crippen LogP contribution is -2.12. The van der Waals surface area contributed by atoms with Gasteiger partial charge in [0.15, 0.2) is 0 Å². The van der Waals surface area contributed by atoms with Gasteiger partial charge in [-0.05, 0) is 42.3 Å². The minimum absolute atomic E-state index is 0.149. The van der Waals surface area contributed by atoms with Gasteiger partial charge in [0.25, 0.3) is 5.91 Å². The zero-order chi connectivity index (χ0) is 18.2. The first-order chi connectivity index (χ1) is 12.0. The Morgan fingerprint density at radius 2 is 2.00 bits per heavy atom. The number of hydrogen-bond acceptors (Lipinski definition) is 4. The summed E-state index contributed by atoms with van der Waals surface area (Å²) < 4.78 is 5.25. The van der Waals surface area contributed by atoms with Crippen molar-refractivity contribution in [2.45, 2.75) is 19.1 Å². The number of benzene rings is 2. The molecule has 2 N–H and O–H groups in total. The molecule has 0 aromatic heterocycles. The van der Waals surface area contributed by atoms with Crippen LogP contribution in [0.2, 0.25) is 0 Å². The third-order valence-corrected chi connectivity index (χ3v) is 4.61. The first-order valence-corrected chi connectivity index (χ1v) is 8.99. The van der Waals surface area contributed by atoms with Gasteiger partial charge in [0.2, 0.25) is 0 Å². The highest BCUT2D eigenvalue weighted by molar-refractivity contribution is 7.98. The number of anilines is 1. The van der Waals surface area contributed by atoms with Crippen LogP contribution in [-0.4, -0.2) is 29.8 Å². The molecule has 0 saturated carbocycles. The molecule has 25 heavy (non-hydrogen) atoms. The third kappa shape index (κ3) is 5.83. The predicted molar refractivity (Wildman–Crippen MR) is 101 cm³/mol. The van der Waals surface area contributed by atoms with Crippen molar-refractivity contribution >= 4 is 29.3 Å². The van der Waals surface area contributed by atoms with Crippen molar-refractivity contribution in [3.63, 3.8) is 0 Å². The fraction of sp³-hybridized carbons (Fsp3) is 0.263. The van der Waals surface area contributed by atoms with Crippen LogP contribution in [0.4, 0.5) is 5.69 Å². The number of hydrogen-bond donors (Lipinski definition) is 2. The summed E-state index contributed by atoms with van der Waals surface area (Å²) in [5, 5.41) is 11.5. The van der Waals surface area contributed by atoms with Gasteiger partial charge in [0.1, 0.15) is 5.75 Å². The molecule has 2 aromatic rings. The van der Waals surface area contributed by atoms with Crippen molar-refractivity contribution in [3.05, 3.63) is 59.2 Å². The highest BCUT2D eigenvalue weighted by atomic mass is 32.2. The molecule has 0 fully saturated rings. The Morgan fingerprint density at radius 1 is 1.20 bits per heavy atom. The monoisotopic (exact) mass is 359 g/mol. The van der Waals surface area contributed by atoms with Crippen LogP contribution in [0.1, 0.15) is 27.9 Å². The fourth-order valence-corrected chi connectivity index (χ4v) is 3.13. The molecule has 0 atom stereocenters. The molecular formula is C19H21NO4S. The van der Waals surface area contributed by atoms with E-state index >= 15 is 0 Å². The van der Waals surface area contributed by atoms with Gasteiger partial charge in [-0.1, -0.05) is 18.2 Å². The molecule has 2 rings (SSSR count). The molecule has 0 saturated heterocycles. The largest absolute Gasteiger partial charge is 0.496 e. The molecule has 5 nitrogen and oxygen atoms in total. The summed E-state index contributed by atoms with van der Waals surface area (Å²) in [6.45, 7) is 1.92. The van der Waals surface area contributed by atoms with Crippen molar-refractivity contribution < 1.29 is 19.4 Å². The van der Waals surface area contributed by atoms with Crippen LogP contribution < -0.4 is 10.1 Å². The minimum atomic E-state index is -0.790. The average molecular weight is 359 g/mol. The van der Waals surface area contributed by atoms with E-state index in [2.05, 4.69) is 5.32 Å². The second-order valence-electron chi connectivity index (χ2n) is 5.54. The van der Waals surface area contributed by atoms with Crippen LogP contribution in [0.25, 0.3) is 0 Å². The maximum atomic E-state index is 12.4. The standard InChI is InChI=1S/C19H21NO4S/c1-13-6-7-15(11-17(13)24-2)19(23)20-16-5-3-4-14(10-16)12-25-9-8-18(21)22/h3-7,10-11H,8-9,12H2,1-2H3,(H,20,23)(H,21,22). The molecule has 1 amide bonds. The number of rotatable bonds is 8. The maximum Gasteiger partial charge on any atom is 0.304 e. The molecular weight excluding hydrogens is 338 g/mol. The van der Waals surface area contributed by atoms with Gasteiger partial charge in [-0.15, -0.1) is 0 Å². The first-order valence-electron chi connectivity index (χ1n) is 7.84. The SMILES string of the molecule is COc1cc(C(=O)Nc2cccc(CSCCC(=O)O)c2)ccc1C. The molecule has 132 valence electrons. The number of aryl methyl sites for hydroxylation is 1. The number of carbonyl (C=O) groups excluding carboxylic acids is 1. The zero-order valence-electron chi connectivity index (χ0n) is 14.2. The van der Waals surface area contributed by atoms with Gasteiger partial charge in [-0.25, -0.2) is 0 Å². The number of carboxylic acid groups (broad SMARTS) is 1. The molecule has 0 aliphatic heterocycles. The lowest BCUT2D eigenvalue weighted by molar-refractivity contribution is -0.136. The average Bonchev–Trinajstić information content (AvgIpc) is 2.59. The van der Waals surface area contributed by atoms with Gasteiger partial charge in [-0.2, -0.15) is 11.8 Å². The van der Waals surface area contributed by atoms with E-state index in [-0.39, 0.29) is 12.3 Å². The Labute approximate surface area is 151 Å². The van der Waals surface area contributed by atoms with Gasteiger partial charge in [-0.3, -0.25) is 9.59 Å². The highest BCUT2D eigenvalue weighted by Gasteiger charge is 2.09. The summed E-state index contributed by atoms with van der Waals surface area (Å²) in [6, 6.07) is 12.9. The van der Waals surface area contributed by atoms with Crippen LogP contribution in [0.15, 0.2) is 42.5 Å². The molecule has 0 bridgehead atoms. The molecule has 0 aliphatic carbocycles. The minimum Gasteiger partial charge on any atom is -0.496 e. The van der Waals surface area contributed by atoms with E-state index in [1.807, 2.05) is 37.3 Å². The number of thioether (sulfide) groups is 1. The topological polar surface area (TPSA) is 75.6 Å². The van der Waals surface area contributed by atoms with E-state index in [9.17, 15) is 9.59 Å². The number of carbonyl (C=O) groups is 2. The molecule has 0 heterocycles. The van der Waals surface area contributed by atoms with E-state index in [1.54, 1.807) is 31.0 Å². The molecule has 0 aliphatic rings. The normalized spacial score (nSPS) is 10.3. The summed E-state index contributed by atoms with van der Waals surface area (Å²) in [7, 11) is 1.58. The lowest BCUT2D eigenvalue weighted by atomic mass is 10.1. The van der Waals surface area contributed by atoms with Gasteiger partial charge in [0, 0.05) is 22.8 Å². The van der Waals surface area contributed by atoms with Crippen LogP contribution >= 0.6 is 11.8 Å².